The third kappa shape index (κ3) is 3.51. The highest BCUT2D eigenvalue weighted by Crippen LogP contribution is 2.33. The lowest BCUT2D eigenvalue weighted by molar-refractivity contribution is -0.117. The zero-order chi connectivity index (χ0) is 14.4. The van der Waals surface area contributed by atoms with Crippen LogP contribution in [0.15, 0.2) is 18.2 Å². The molecule has 110 valence electrons. The number of fused-ring (bicyclic) bond motifs is 1. The van der Waals surface area contributed by atoms with Crippen molar-refractivity contribution in [2.45, 2.75) is 45.6 Å². The Morgan fingerprint density at radius 2 is 2.10 bits per heavy atom. The number of likely N-dealkylation sites (N-methyl/N-ethyl adjacent to an activating group) is 1. The summed E-state index contributed by atoms with van der Waals surface area (Å²) in [5, 5.41) is 6.09. The van der Waals surface area contributed by atoms with Crippen molar-refractivity contribution in [3.8, 4) is 5.75 Å². The largest absolute Gasteiger partial charge is 0.494 e. The van der Waals surface area contributed by atoms with Crippen LogP contribution in [0.4, 0.5) is 5.69 Å². The molecule has 0 aromatic heterocycles. The van der Waals surface area contributed by atoms with Crippen molar-refractivity contribution in [1.29, 1.82) is 0 Å². The highest BCUT2D eigenvalue weighted by Gasteiger charge is 2.29. The van der Waals surface area contributed by atoms with Crippen LogP contribution >= 0.6 is 0 Å². The highest BCUT2D eigenvalue weighted by atomic mass is 16.5. The van der Waals surface area contributed by atoms with Crippen LogP contribution < -0.4 is 15.4 Å². The van der Waals surface area contributed by atoms with Gasteiger partial charge in [0.1, 0.15) is 11.8 Å². The van der Waals surface area contributed by atoms with Gasteiger partial charge in [-0.3, -0.25) is 4.79 Å². The molecule has 0 bridgehead atoms. The van der Waals surface area contributed by atoms with Gasteiger partial charge >= 0.3 is 0 Å². The van der Waals surface area contributed by atoms with Gasteiger partial charge < -0.3 is 15.4 Å². The van der Waals surface area contributed by atoms with Crippen molar-refractivity contribution in [1.82, 2.24) is 5.32 Å². The van der Waals surface area contributed by atoms with Crippen LogP contribution in [0.2, 0.25) is 0 Å². The molecular weight excluding hydrogens is 252 g/mol. The van der Waals surface area contributed by atoms with Gasteiger partial charge in [-0.1, -0.05) is 39.2 Å². The predicted molar refractivity (Wildman–Crippen MR) is 81.1 cm³/mol. The summed E-state index contributed by atoms with van der Waals surface area (Å²) in [4.78, 5) is 11.9. The van der Waals surface area contributed by atoms with Crippen molar-refractivity contribution in [3.63, 3.8) is 0 Å². The van der Waals surface area contributed by atoms with Gasteiger partial charge in [-0.05, 0) is 19.0 Å². The lowest BCUT2D eigenvalue weighted by Crippen LogP contribution is -2.27. The van der Waals surface area contributed by atoms with Gasteiger partial charge in [0, 0.05) is 17.3 Å². The van der Waals surface area contributed by atoms with E-state index in [0.717, 1.165) is 36.6 Å². The van der Waals surface area contributed by atoms with E-state index in [1.807, 2.05) is 25.1 Å². The summed E-state index contributed by atoms with van der Waals surface area (Å²) < 4.78 is 5.74. The number of carbonyl (C=O) groups excluding carboxylic acids is 1. The SMILES string of the molecule is CCCCCCOc1ccc2c(c1)NC(=O)C2NCC. The number of amides is 1. The van der Waals surface area contributed by atoms with E-state index in [2.05, 4.69) is 17.6 Å². The Morgan fingerprint density at radius 3 is 2.85 bits per heavy atom. The number of unbranched alkanes of at least 4 members (excludes halogenated alkanes) is 3. The van der Waals surface area contributed by atoms with E-state index in [9.17, 15) is 4.79 Å². The molecular formula is C16H24N2O2. The normalized spacial score (nSPS) is 16.9. The van der Waals surface area contributed by atoms with Crippen LogP contribution in [0.1, 0.15) is 51.1 Å². The molecule has 4 nitrogen and oxygen atoms in total. The lowest BCUT2D eigenvalue weighted by Gasteiger charge is -2.10. The average Bonchev–Trinajstić information content (AvgIpc) is 2.75. The van der Waals surface area contributed by atoms with E-state index in [1.54, 1.807) is 0 Å². The number of rotatable bonds is 8. The summed E-state index contributed by atoms with van der Waals surface area (Å²) in [6, 6.07) is 5.61. The van der Waals surface area contributed by atoms with Crippen LogP contribution in [0.3, 0.4) is 0 Å². The van der Waals surface area contributed by atoms with Gasteiger partial charge in [0.05, 0.1) is 6.61 Å². The first kappa shape index (κ1) is 14.9. The molecule has 1 amide bonds. The monoisotopic (exact) mass is 276 g/mol. The van der Waals surface area contributed by atoms with Gasteiger partial charge in [0.25, 0.3) is 0 Å². The smallest absolute Gasteiger partial charge is 0.246 e. The Balaban J connectivity index is 1.92. The summed E-state index contributed by atoms with van der Waals surface area (Å²) in [5.74, 6) is 0.847. The fourth-order valence-corrected chi connectivity index (χ4v) is 2.46. The molecule has 0 aliphatic carbocycles. The average molecular weight is 276 g/mol. The molecule has 0 radical (unpaired) electrons. The number of carbonyl (C=O) groups is 1. The molecule has 4 heteroatoms. The molecule has 1 aliphatic heterocycles. The molecule has 0 saturated heterocycles. The number of benzene rings is 1. The molecule has 1 heterocycles. The van der Waals surface area contributed by atoms with Crippen molar-refractivity contribution in [3.05, 3.63) is 23.8 Å². The van der Waals surface area contributed by atoms with E-state index in [1.165, 1.54) is 19.3 Å². The standard InChI is InChI=1S/C16H24N2O2/c1-3-5-6-7-10-20-12-8-9-13-14(11-12)18-16(19)15(13)17-4-2/h8-9,11,15,17H,3-7,10H2,1-2H3,(H,18,19). The summed E-state index contributed by atoms with van der Waals surface area (Å²) in [7, 11) is 0. The molecule has 1 atom stereocenters. The molecule has 0 spiro atoms. The summed E-state index contributed by atoms with van der Waals surface area (Å²) in [6.07, 6.45) is 4.78. The lowest BCUT2D eigenvalue weighted by atomic mass is 10.1. The Morgan fingerprint density at radius 1 is 1.25 bits per heavy atom. The van der Waals surface area contributed by atoms with Gasteiger partial charge in [-0.2, -0.15) is 0 Å². The van der Waals surface area contributed by atoms with Crippen LogP contribution in [0.25, 0.3) is 0 Å². The number of anilines is 1. The Bertz CT molecular complexity index is 460. The topological polar surface area (TPSA) is 50.4 Å². The fraction of sp³-hybridized carbons (Fsp3) is 0.562. The Hall–Kier alpha value is -1.55. The van der Waals surface area contributed by atoms with E-state index in [-0.39, 0.29) is 11.9 Å². The van der Waals surface area contributed by atoms with Crippen molar-refractivity contribution in [2.75, 3.05) is 18.5 Å². The summed E-state index contributed by atoms with van der Waals surface area (Å²) in [5.41, 5.74) is 1.88. The molecule has 2 rings (SSSR count). The zero-order valence-corrected chi connectivity index (χ0v) is 12.4. The van der Waals surface area contributed by atoms with E-state index in [4.69, 9.17) is 4.74 Å². The van der Waals surface area contributed by atoms with E-state index in [0.29, 0.717) is 0 Å². The van der Waals surface area contributed by atoms with Gasteiger partial charge in [0.2, 0.25) is 5.91 Å². The first-order valence-electron chi connectivity index (χ1n) is 7.57. The highest BCUT2D eigenvalue weighted by molar-refractivity contribution is 6.02. The van der Waals surface area contributed by atoms with Crippen LogP contribution in [0, 0.1) is 0 Å². The van der Waals surface area contributed by atoms with Crippen molar-refractivity contribution in [2.24, 2.45) is 0 Å². The minimum atomic E-state index is -0.228. The molecule has 1 aromatic carbocycles. The Kier molecular flexibility index (Phi) is 5.41. The first-order chi connectivity index (χ1) is 9.76. The molecule has 0 fully saturated rings. The molecule has 1 aromatic rings. The van der Waals surface area contributed by atoms with Crippen molar-refractivity contribution >= 4 is 11.6 Å². The third-order valence-electron chi connectivity index (χ3n) is 3.53. The Labute approximate surface area is 120 Å². The van der Waals surface area contributed by atoms with Gasteiger partial charge in [0.15, 0.2) is 0 Å². The number of nitrogens with one attached hydrogen (secondary N) is 2. The molecule has 0 saturated carbocycles. The maximum Gasteiger partial charge on any atom is 0.246 e. The minimum absolute atomic E-state index is 0.0157. The number of hydrogen-bond donors (Lipinski definition) is 2. The molecule has 2 N–H and O–H groups in total. The molecule has 1 unspecified atom stereocenters. The van der Waals surface area contributed by atoms with Crippen LogP contribution in [0.5, 0.6) is 5.75 Å². The molecule has 1 aliphatic rings. The van der Waals surface area contributed by atoms with Crippen molar-refractivity contribution < 1.29 is 9.53 Å². The summed E-state index contributed by atoms with van der Waals surface area (Å²) in [6.45, 7) is 5.71. The minimum Gasteiger partial charge on any atom is -0.494 e. The zero-order valence-electron chi connectivity index (χ0n) is 12.4. The fourth-order valence-electron chi connectivity index (χ4n) is 2.46. The van der Waals surface area contributed by atoms with Crippen LogP contribution in [-0.2, 0) is 4.79 Å². The second-order valence-electron chi connectivity index (χ2n) is 5.14. The van der Waals surface area contributed by atoms with Gasteiger partial charge in [-0.15, -0.1) is 0 Å². The number of ether oxygens (including phenoxy) is 1. The van der Waals surface area contributed by atoms with Crippen LogP contribution in [-0.4, -0.2) is 19.1 Å². The third-order valence-corrected chi connectivity index (χ3v) is 3.53. The first-order valence-corrected chi connectivity index (χ1v) is 7.57. The van der Waals surface area contributed by atoms with Gasteiger partial charge in [-0.25, -0.2) is 0 Å². The van der Waals surface area contributed by atoms with E-state index < -0.39 is 0 Å². The summed E-state index contributed by atoms with van der Waals surface area (Å²) >= 11 is 0. The number of hydrogen-bond acceptors (Lipinski definition) is 3. The molecule has 20 heavy (non-hydrogen) atoms. The maximum atomic E-state index is 11.9. The predicted octanol–water partition coefficient (Wildman–Crippen LogP) is 3.25. The maximum absolute atomic E-state index is 11.9. The quantitative estimate of drug-likeness (QED) is 0.717. The second kappa shape index (κ2) is 7.29. The second-order valence-corrected chi connectivity index (χ2v) is 5.14. The van der Waals surface area contributed by atoms with E-state index >= 15 is 0 Å².